The van der Waals surface area contributed by atoms with Crippen LogP contribution in [-0.4, -0.2) is 30.8 Å². The first-order chi connectivity index (χ1) is 10.2. The second-order valence-electron chi connectivity index (χ2n) is 4.94. The molecule has 0 fully saturated rings. The van der Waals surface area contributed by atoms with Gasteiger partial charge in [0.1, 0.15) is 6.33 Å². The Morgan fingerprint density at radius 2 is 2.24 bits per heavy atom. The monoisotopic (exact) mass is 288 g/mol. The summed E-state index contributed by atoms with van der Waals surface area (Å²) < 4.78 is 7.12. The lowest BCUT2D eigenvalue weighted by molar-refractivity contribution is 0.318. The predicted octanol–water partition coefficient (Wildman–Crippen LogP) is 0.976. The van der Waals surface area contributed by atoms with Gasteiger partial charge in [-0.3, -0.25) is 4.68 Å². The number of aryl methyl sites for hydroxylation is 3. The highest BCUT2D eigenvalue weighted by Gasteiger charge is 2.19. The minimum atomic E-state index is -0.0400. The number of fused-ring (bicyclic) bond motifs is 1. The van der Waals surface area contributed by atoms with E-state index in [0.29, 0.717) is 5.56 Å². The van der Waals surface area contributed by atoms with E-state index < -0.39 is 0 Å². The normalized spacial score (nSPS) is 14.8. The van der Waals surface area contributed by atoms with Crippen molar-refractivity contribution in [3.8, 4) is 11.9 Å². The van der Waals surface area contributed by atoms with Gasteiger partial charge in [0.05, 0.1) is 5.56 Å². The zero-order valence-corrected chi connectivity index (χ0v) is 11.7. The molecule has 0 aromatic carbocycles. The molecule has 2 aromatic heterocycles. The Kier molecular flexibility index (Phi) is 3.43. The van der Waals surface area contributed by atoms with Gasteiger partial charge in [-0.15, -0.1) is 5.10 Å². The summed E-state index contributed by atoms with van der Waals surface area (Å²) in [5.41, 5.74) is 8.27. The molecule has 2 heterocycles. The van der Waals surface area contributed by atoms with Gasteiger partial charge < -0.3 is 15.7 Å². The third kappa shape index (κ3) is 2.64. The Morgan fingerprint density at radius 1 is 1.43 bits per heavy atom. The molecule has 8 heteroatoms. The minimum absolute atomic E-state index is 0.0400. The molecule has 3 N–H and O–H groups in total. The summed E-state index contributed by atoms with van der Waals surface area (Å²) in [7, 11) is 1.74. The van der Waals surface area contributed by atoms with Crippen molar-refractivity contribution in [1.29, 1.82) is 0 Å². The standard InChI is InChI=1S/C13H16N6O2/c1-19-7-15-13(17-19)21-12-9(11(14)18-20)6-8-4-2-3-5-10(8)16-12/h6-7,20H,2-5H2,1H3,(H2,14,18). The van der Waals surface area contributed by atoms with Gasteiger partial charge in [0, 0.05) is 12.7 Å². The van der Waals surface area contributed by atoms with E-state index in [0.717, 1.165) is 36.9 Å². The van der Waals surface area contributed by atoms with Crippen LogP contribution in [0.2, 0.25) is 0 Å². The van der Waals surface area contributed by atoms with Crippen LogP contribution in [-0.2, 0) is 19.9 Å². The molecule has 0 spiro atoms. The highest BCUT2D eigenvalue weighted by atomic mass is 16.5. The van der Waals surface area contributed by atoms with Crippen molar-refractivity contribution >= 4 is 5.84 Å². The molecule has 1 aliphatic rings. The van der Waals surface area contributed by atoms with Crippen LogP contribution in [0.3, 0.4) is 0 Å². The number of hydrogen-bond acceptors (Lipinski definition) is 6. The fourth-order valence-electron chi connectivity index (χ4n) is 2.38. The van der Waals surface area contributed by atoms with E-state index in [1.807, 2.05) is 6.07 Å². The molecule has 0 saturated heterocycles. The van der Waals surface area contributed by atoms with Crippen LogP contribution in [0.1, 0.15) is 29.7 Å². The number of rotatable bonds is 3. The summed E-state index contributed by atoms with van der Waals surface area (Å²) in [6.45, 7) is 0. The van der Waals surface area contributed by atoms with E-state index in [9.17, 15) is 0 Å². The average Bonchev–Trinajstić information content (AvgIpc) is 2.91. The number of oxime groups is 1. The van der Waals surface area contributed by atoms with E-state index >= 15 is 0 Å². The van der Waals surface area contributed by atoms with Crippen LogP contribution in [0, 0.1) is 0 Å². The molecule has 8 nitrogen and oxygen atoms in total. The third-order valence-electron chi connectivity index (χ3n) is 3.42. The van der Waals surface area contributed by atoms with Crippen molar-refractivity contribution in [3.05, 3.63) is 29.2 Å². The Morgan fingerprint density at radius 3 is 2.95 bits per heavy atom. The van der Waals surface area contributed by atoms with Crippen molar-refractivity contribution in [1.82, 2.24) is 19.7 Å². The van der Waals surface area contributed by atoms with Crippen molar-refractivity contribution in [3.63, 3.8) is 0 Å². The highest BCUT2D eigenvalue weighted by molar-refractivity contribution is 5.99. The van der Waals surface area contributed by atoms with Gasteiger partial charge in [-0.25, -0.2) is 4.98 Å². The SMILES string of the molecule is Cn1cnc(Oc2nc3c(cc2C(N)=NO)CCCC3)n1. The van der Waals surface area contributed by atoms with E-state index in [2.05, 4.69) is 20.2 Å². The van der Waals surface area contributed by atoms with Crippen molar-refractivity contribution in [2.24, 2.45) is 17.9 Å². The molecule has 1 aliphatic carbocycles. The first kappa shape index (κ1) is 13.3. The number of nitrogens with zero attached hydrogens (tertiary/aromatic N) is 5. The molecular weight excluding hydrogens is 272 g/mol. The predicted molar refractivity (Wildman–Crippen MR) is 74.5 cm³/mol. The molecule has 0 amide bonds. The first-order valence-corrected chi connectivity index (χ1v) is 6.71. The van der Waals surface area contributed by atoms with Crippen LogP contribution in [0.4, 0.5) is 0 Å². The Balaban J connectivity index is 2.03. The molecule has 0 saturated carbocycles. The topological polar surface area (TPSA) is 111 Å². The lowest BCUT2D eigenvalue weighted by Gasteiger charge is -2.17. The van der Waals surface area contributed by atoms with Gasteiger partial charge in [-0.1, -0.05) is 5.16 Å². The van der Waals surface area contributed by atoms with Crippen molar-refractivity contribution in [2.45, 2.75) is 25.7 Å². The molecule has 0 atom stereocenters. The summed E-state index contributed by atoms with van der Waals surface area (Å²) in [6, 6.07) is 2.04. The fourth-order valence-corrected chi connectivity index (χ4v) is 2.38. The molecule has 0 unspecified atom stereocenters. The molecule has 110 valence electrons. The maximum Gasteiger partial charge on any atom is 0.342 e. The smallest absolute Gasteiger partial charge is 0.342 e. The maximum atomic E-state index is 8.93. The summed E-state index contributed by atoms with van der Waals surface area (Å²) in [6.07, 6.45) is 5.58. The van der Waals surface area contributed by atoms with E-state index in [-0.39, 0.29) is 17.7 Å². The third-order valence-corrected chi connectivity index (χ3v) is 3.42. The lowest BCUT2D eigenvalue weighted by Crippen LogP contribution is -2.18. The Labute approximate surface area is 121 Å². The van der Waals surface area contributed by atoms with Crippen molar-refractivity contribution in [2.75, 3.05) is 0 Å². The molecule has 3 rings (SSSR count). The Hall–Kier alpha value is -2.64. The molecule has 21 heavy (non-hydrogen) atoms. The van der Waals surface area contributed by atoms with Crippen LogP contribution < -0.4 is 10.5 Å². The lowest BCUT2D eigenvalue weighted by atomic mass is 9.95. The number of nitrogens with two attached hydrogens (primary N) is 1. The van der Waals surface area contributed by atoms with Crippen LogP contribution in [0.5, 0.6) is 11.9 Å². The zero-order valence-electron chi connectivity index (χ0n) is 11.7. The number of hydrogen-bond donors (Lipinski definition) is 2. The molecular formula is C13H16N6O2. The quantitative estimate of drug-likeness (QED) is 0.377. The van der Waals surface area contributed by atoms with E-state index in [1.54, 1.807) is 7.05 Å². The van der Waals surface area contributed by atoms with Crippen LogP contribution in [0.15, 0.2) is 17.5 Å². The molecule has 2 aromatic rings. The summed E-state index contributed by atoms with van der Waals surface area (Å²) >= 11 is 0. The van der Waals surface area contributed by atoms with Crippen LogP contribution in [0.25, 0.3) is 0 Å². The van der Waals surface area contributed by atoms with Gasteiger partial charge >= 0.3 is 6.01 Å². The summed E-state index contributed by atoms with van der Waals surface area (Å²) in [5, 5.41) is 16.0. The molecule has 0 bridgehead atoms. The van der Waals surface area contributed by atoms with Gasteiger partial charge in [0.15, 0.2) is 5.84 Å². The number of pyridine rings is 1. The summed E-state index contributed by atoms with van der Waals surface area (Å²) in [4.78, 5) is 8.50. The van der Waals surface area contributed by atoms with Crippen molar-refractivity contribution < 1.29 is 9.94 Å². The number of amidine groups is 1. The second-order valence-corrected chi connectivity index (χ2v) is 4.94. The molecule has 0 aliphatic heterocycles. The largest absolute Gasteiger partial charge is 0.409 e. The van der Waals surface area contributed by atoms with Crippen LogP contribution >= 0.6 is 0 Å². The highest BCUT2D eigenvalue weighted by Crippen LogP contribution is 2.27. The average molecular weight is 288 g/mol. The first-order valence-electron chi connectivity index (χ1n) is 6.71. The van der Waals surface area contributed by atoms with Gasteiger partial charge in [0.2, 0.25) is 5.88 Å². The number of aromatic nitrogens is 4. The fraction of sp³-hybridized carbons (Fsp3) is 0.385. The Bertz CT molecular complexity index is 694. The molecule has 0 radical (unpaired) electrons. The van der Waals surface area contributed by atoms with E-state index in [4.69, 9.17) is 15.7 Å². The van der Waals surface area contributed by atoms with E-state index in [1.165, 1.54) is 11.0 Å². The second kappa shape index (κ2) is 5.39. The maximum absolute atomic E-state index is 8.93. The van der Waals surface area contributed by atoms with Gasteiger partial charge in [0.25, 0.3) is 0 Å². The zero-order chi connectivity index (χ0) is 14.8. The summed E-state index contributed by atoms with van der Waals surface area (Å²) in [5.74, 6) is 0.221. The van der Waals surface area contributed by atoms with Gasteiger partial charge in [-0.05, 0) is 37.3 Å². The minimum Gasteiger partial charge on any atom is -0.409 e. The number of ether oxygens (including phenoxy) is 1. The van der Waals surface area contributed by atoms with Gasteiger partial charge in [-0.2, -0.15) is 4.98 Å².